The molecule has 0 heterocycles. The highest BCUT2D eigenvalue weighted by molar-refractivity contribution is 5.91. The average Bonchev–Trinajstić information content (AvgIpc) is 2.57. The molecular weight excluding hydrogens is 294 g/mol. The minimum Gasteiger partial charge on any atom is -0.366 e. The van der Waals surface area contributed by atoms with E-state index in [0.29, 0.717) is 5.57 Å². The van der Waals surface area contributed by atoms with Crippen LogP contribution in [0, 0.1) is 0 Å². The van der Waals surface area contributed by atoms with Gasteiger partial charge < -0.3 is 5.73 Å². The van der Waals surface area contributed by atoms with E-state index in [2.05, 4.69) is 19.1 Å². The number of unbranched alkanes of at least 4 members (excludes halogenated alkanes) is 10. The molecule has 24 heavy (non-hydrogen) atoms. The lowest BCUT2D eigenvalue weighted by Gasteiger charge is -2.01. The lowest BCUT2D eigenvalue weighted by atomic mass is 10.1. The molecule has 0 aliphatic rings. The molecule has 0 saturated heterocycles. The first-order valence-electron chi connectivity index (χ1n) is 9.65. The number of carbonyl (C=O) groups excluding carboxylic acids is 1. The Labute approximate surface area is 149 Å². The van der Waals surface area contributed by atoms with Crippen LogP contribution in [0.4, 0.5) is 0 Å². The fourth-order valence-electron chi connectivity index (χ4n) is 2.40. The van der Waals surface area contributed by atoms with E-state index in [9.17, 15) is 4.79 Å². The second kappa shape index (κ2) is 17.8. The van der Waals surface area contributed by atoms with Gasteiger partial charge in [-0.2, -0.15) is 0 Å². The molecule has 0 radical (unpaired) electrons. The van der Waals surface area contributed by atoms with Gasteiger partial charge in [0.25, 0.3) is 0 Å². The normalized spacial score (nSPS) is 12.8. The van der Waals surface area contributed by atoms with Gasteiger partial charge in [0.2, 0.25) is 5.91 Å². The van der Waals surface area contributed by atoms with E-state index in [1.165, 1.54) is 64.2 Å². The third-order valence-corrected chi connectivity index (χ3v) is 4.04. The van der Waals surface area contributed by atoms with Crippen molar-refractivity contribution in [3.8, 4) is 0 Å². The van der Waals surface area contributed by atoms with E-state index in [0.717, 1.165) is 6.42 Å². The van der Waals surface area contributed by atoms with Crippen LogP contribution in [0.15, 0.2) is 48.1 Å². The second-order valence-corrected chi connectivity index (χ2v) is 6.38. The van der Waals surface area contributed by atoms with Crippen LogP contribution in [0.5, 0.6) is 0 Å². The van der Waals surface area contributed by atoms with Gasteiger partial charge >= 0.3 is 0 Å². The van der Waals surface area contributed by atoms with Gasteiger partial charge in [-0.3, -0.25) is 4.79 Å². The minimum absolute atomic E-state index is 0.375. The summed E-state index contributed by atoms with van der Waals surface area (Å²) in [5.74, 6) is -0.375. The number of primary amides is 1. The molecule has 2 heteroatoms. The van der Waals surface area contributed by atoms with Crippen molar-refractivity contribution in [2.45, 2.75) is 84.5 Å². The molecule has 2 N–H and O–H groups in total. The molecule has 0 saturated carbocycles. The maximum atomic E-state index is 10.8. The summed E-state index contributed by atoms with van der Waals surface area (Å²) in [5, 5.41) is 0. The summed E-state index contributed by atoms with van der Waals surface area (Å²) < 4.78 is 0. The molecule has 0 aromatic heterocycles. The lowest BCUT2D eigenvalue weighted by molar-refractivity contribution is -0.114. The molecule has 0 atom stereocenters. The first kappa shape index (κ1) is 22.4. The minimum atomic E-state index is -0.375. The van der Waals surface area contributed by atoms with Gasteiger partial charge in [-0.15, -0.1) is 0 Å². The van der Waals surface area contributed by atoms with Crippen molar-refractivity contribution in [3.05, 3.63) is 48.1 Å². The smallest absolute Gasteiger partial charge is 0.244 e. The van der Waals surface area contributed by atoms with Crippen LogP contribution in [0.3, 0.4) is 0 Å². The van der Waals surface area contributed by atoms with Gasteiger partial charge in [-0.25, -0.2) is 0 Å². The van der Waals surface area contributed by atoms with Crippen LogP contribution in [-0.4, -0.2) is 5.91 Å². The molecule has 1 amide bonds. The Morgan fingerprint density at radius 3 is 1.83 bits per heavy atom. The number of hydrogen-bond donors (Lipinski definition) is 1. The van der Waals surface area contributed by atoms with Crippen molar-refractivity contribution in [1.29, 1.82) is 0 Å². The SMILES string of the molecule is CCCCCCCCCCCC/C=C/C=C/C=C/C=C(\C)C(N)=O. The zero-order chi connectivity index (χ0) is 17.9. The van der Waals surface area contributed by atoms with E-state index in [-0.39, 0.29) is 5.91 Å². The lowest BCUT2D eigenvalue weighted by Crippen LogP contribution is -2.11. The number of allylic oxidation sites excluding steroid dienone is 7. The summed E-state index contributed by atoms with van der Waals surface area (Å²) in [5.41, 5.74) is 5.70. The van der Waals surface area contributed by atoms with Crippen LogP contribution in [-0.2, 0) is 4.79 Å². The number of amides is 1. The molecule has 0 aromatic rings. The van der Waals surface area contributed by atoms with Crippen molar-refractivity contribution in [3.63, 3.8) is 0 Å². The fraction of sp³-hybridized carbons (Fsp3) is 0.591. The van der Waals surface area contributed by atoms with Crippen LogP contribution < -0.4 is 5.73 Å². The first-order valence-corrected chi connectivity index (χ1v) is 9.65. The Morgan fingerprint density at radius 1 is 0.750 bits per heavy atom. The summed E-state index contributed by atoms with van der Waals surface area (Å²) in [6.07, 6.45) is 28.7. The van der Waals surface area contributed by atoms with Gasteiger partial charge in [-0.1, -0.05) is 107 Å². The van der Waals surface area contributed by atoms with Gasteiger partial charge in [0.1, 0.15) is 0 Å². The standard InChI is InChI=1S/C22H37NO/c1-3-4-5-6-7-8-9-10-11-12-13-14-15-16-17-18-19-20-21(2)22(23)24/h14-20H,3-13H2,1-2H3,(H2,23,24)/b15-14+,17-16+,19-18+,21-20+. The van der Waals surface area contributed by atoms with Crippen LogP contribution in [0.1, 0.15) is 84.5 Å². The van der Waals surface area contributed by atoms with E-state index < -0.39 is 0 Å². The number of rotatable bonds is 15. The zero-order valence-corrected chi connectivity index (χ0v) is 15.8. The van der Waals surface area contributed by atoms with Crippen molar-refractivity contribution >= 4 is 5.91 Å². The second-order valence-electron chi connectivity index (χ2n) is 6.38. The number of hydrogen-bond acceptors (Lipinski definition) is 1. The molecule has 136 valence electrons. The summed E-state index contributed by atoms with van der Waals surface area (Å²) in [6, 6.07) is 0. The van der Waals surface area contributed by atoms with E-state index in [1.54, 1.807) is 13.0 Å². The Kier molecular flexibility index (Phi) is 16.6. The molecular formula is C22H37NO. The summed E-state index contributed by atoms with van der Waals surface area (Å²) >= 11 is 0. The van der Waals surface area contributed by atoms with E-state index >= 15 is 0 Å². The number of carbonyl (C=O) groups is 1. The van der Waals surface area contributed by atoms with Crippen LogP contribution in [0.25, 0.3) is 0 Å². The molecule has 0 spiro atoms. The highest BCUT2D eigenvalue weighted by Gasteiger charge is 1.92. The fourth-order valence-corrected chi connectivity index (χ4v) is 2.40. The van der Waals surface area contributed by atoms with Gasteiger partial charge in [0.15, 0.2) is 0 Å². The maximum Gasteiger partial charge on any atom is 0.244 e. The monoisotopic (exact) mass is 331 g/mol. The predicted molar refractivity (Wildman–Crippen MR) is 107 cm³/mol. The molecule has 0 aliphatic heterocycles. The third kappa shape index (κ3) is 16.8. The van der Waals surface area contributed by atoms with Crippen molar-refractivity contribution in [1.82, 2.24) is 0 Å². The van der Waals surface area contributed by atoms with Crippen molar-refractivity contribution in [2.24, 2.45) is 5.73 Å². The molecule has 0 unspecified atom stereocenters. The summed E-state index contributed by atoms with van der Waals surface area (Å²) in [4.78, 5) is 10.8. The molecule has 2 nitrogen and oxygen atoms in total. The highest BCUT2D eigenvalue weighted by Crippen LogP contribution is 2.11. The largest absolute Gasteiger partial charge is 0.366 e. The zero-order valence-electron chi connectivity index (χ0n) is 15.8. The average molecular weight is 332 g/mol. The maximum absolute atomic E-state index is 10.8. The van der Waals surface area contributed by atoms with Gasteiger partial charge in [0.05, 0.1) is 0 Å². The van der Waals surface area contributed by atoms with Crippen molar-refractivity contribution < 1.29 is 4.79 Å². The Morgan fingerprint density at radius 2 is 1.25 bits per heavy atom. The predicted octanol–water partition coefficient (Wildman–Crippen LogP) is 6.40. The number of nitrogens with two attached hydrogens (primary N) is 1. The van der Waals surface area contributed by atoms with Gasteiger partial charge in [-0.05, 0) is 19.8 Å². The van der Waals surface area contributed by atoms with Crippen molar-refractivity contribution in [2.75, 3.05) is 0 Å². The summed E-state index contributed by atoms with van der Waals surface area (Å²) in [7, 11) is 0. The summed E-state index contributed by atoms with van der Waals surface area (Å²) in [6.45, 7) is 3.98. The quantitative estimate of drug-likeness (QED) is 0.211. The Hall–Kier alpha value is -1.57. The van der Waals surface area contributed by atoms with E-state index in [1.807, 2.05) is 24.3 Å². The topological polar surface area (TPSA) is 43.1 Å². The molecule has 0 aliphatic carbocycles. The Balaban J connectivity index is 3.44. The molecule has 0 fully saturated rings. The Bertz CT molecular complexity index is 416. The van der Waals surface area contributed by atoms with Crippen LogP contribution in [0.2, 0.25) is 0 Å². The molecule has 0 aromatic carbocycles. The molecule has 0 rings (SSSR count). The third-order valence-electron chi connectivity index (χ3n) is 4.04. The van der Waals surface area contributed by atoms with Crippen LogP contribution >= 0.6 is 0 Å². The van der Waals surface area contributed by atoms with Gasteiger partial charge in [0, 0.05) is 5.57 Å². The first-order chi connectivity index (χ1) is 11.7. The molecule has 0 bridgehead atoms. The van der Waals surface area contributed by atoms with E-state index in [4.69, 9.17) is 5.73 Å². The highest BCUT2D eigenvalue weighted by atomic mass is 16.1.